The lowest BCUT2D eigenvalue weighted by atomic mass is 9.46. The highest BCUT2D eigenvalue weighted by Crippen LogP contribution is 2.67. The van der Waals surface area contributed by atoms with Crippen LogP contribution in [0.15, 0.2) is 70.1 Å². The molecule has 1 aliphatic heterocycles. The molecule has 3 fully saturated rings. The Morgan fingerprint density at radius 2 is 1.73 bits per heavy atom. The zero-order valence-electron chi connectivity index (χ0n) is 40.3. The van der Waals surface area contributed by atoms with E-state index < -0.39 is 59.5 Å². The maximum Gasteiger partial charge on any atom is 0.405 e. The van der Waals surface area contributed by atoms with Crippen molar-refractivity contribution in [3.8, 4) is 11.8 Å². The summed E-state index contributed by atoms with van der Waals surface area (Å²) in [6.45, 7) is 12.1. The second-order valence-electron chi connectivity index (χ2n) is 20.4. The maximum absolute atomic E-state index is 14.2. The number of allylic oxidation sites excluding steroid dienone is 5. The number of hydrogen-bond acceptors (Lipinski definition) is 11. The van der Waals surface area contributed by atoms with Gasteiger partial charge in [-0.05, 0) is 125 Å². The summed E-state index contributed by atoms with van der Waals surface area (Å²) in [7, 11) is 2.94. The number of fused-ring (bicyclic) bond motifs is 7. The first kappa shape index (κ1) is 50.8. The SMILES string of the molecule is CO[C@H]1/C=C\C=C(/C)C(=O)NC2=CC(=O)C(NCCCCC#C[C@]3(O)CC[C@H]4[C@@H]5CCC6=CC(=O)CC[C@]6(C)[C@H]5CC[C@@]43C)=C(C[C@@H](C)C[C@H](OC)[C@H](O)[C@@H](C)/C=C(\C)[C@@H]1OC(N)=O)C2=O. The van der Waals surface area contributed by atoms with Crippen molar-refractivity contribution in [3.05, 3.63) is 70.1 Å². The Balaban J connectivity index is 1.13. The van der Waals surface area contributed by atoms with E-state index in [1.807, 2.05) is 19.9 Å². The first-order valence-electron chi connectivity index (χ1n) is 24.0. The number of nitrogens with two attached hydrogens (primary N) is 1. The van der Waals surface area contributed by atoms with Crippen LogP contribution in [0.25, 0.3) is 0 Å². The maximum atomic E-state index is 14.2. The van der Waals surface area contributed by atoms with Gasteiger partial charge in [-0.3, -0.25) is 19.2 Å². The van der Waals surface area contributed by atoms with Gasteiger partial charge >= 0.3 is 6.09 Å². The van der Waals surface area contributed by atoms with Crippen molar-refractivity contribution in [1.82, 2.24) is 10.6 Å². The minimum Gasteiger partial charge on any atom is -0.439 e. The third-order valence-electron chi connectivity index (χ3n) is 16.2. The van der Waals surface area contributed by atoms with Gasteiger partial charge in [-0.25, -0.2) is 4.79 Å². The molecule has 13 heteroatoms. The third kappa shape index (κ3) is 10.6. The topological polar surface area (TPSA) is 204 Å². The number of methoxy groups -OCH3 is 2. The summed E-state index contributed by atoms with van der Waals surface area (Å²) in [6, 6.07) is 0. The summed E-state index contributed by atoms with van der Waals surface area (Å²) in [4.78, 5) is 65.5. The van der Waals surface area contributed by atoms with E-state index in [2.05, 4.69) is 36.3 Å². The number of aliphatic hydroxyl groups is 2. The smallest absolute Gasteiger partial charge is 0.405 e. The van der Waals surface area contributed by atoms with Gasteiger partial charge in [0.15, 0.2) is 11.9 Å². The van der Waals surface area contributed by atoms with E-state index in [1.165, 1.54) is 25.9 Å². The van der Waals surface area contributed by atoms with E-state index in [4.69, 9.17) is 19.9 Å². The molecule has 2 amide bonds. The standard InChI is InChI=1S/C53H73N3O10/c1-31-26-38-45(55-25-12-10-9-11-21-53(63)24-20-40-37-17-16-35-29-36(57)18-22-51(35,5)39(37)19-23-52(40,53)6)42(58)30-41(47(38)60)56-49(61)32(2)14-13-15-43(64-7)48(66-50(54)62)34(4)28-33(3)46(59)44(27-31)65-8/h13-15,28-31,33,37,39-40,43-44,46,48,55,59,63H,9-10,12,16-20,22-27H2,1-8H3,(H2,54,62)(H,56,61)/b15-13-,32-14+,34-28+/t31-,33+,37-,39+,40+,43+,44+,46-,48+,51+,52+,53+/m1/s1. The molecule has 0 aromatic carbocycles. The Morgan fingerprint density at radius 3 is 2.44 bits per heavy atom. The Kier molecular flexibility index (Phi) is 16.3. The lowest BCUT2D eigenvalue weighted by Gasteiger charge is -2.58. The number of rotatable bonds is 8. The van der Waals surface area contributed by atoms with Crippen molar-refractivity contribution in [2.75, 3.05) is 20.8 Å². The number of primary amides is 1. The van der Waals surface area contributed by atoms with E-state index in [0.717, 1.165) is 44.6 Å². The Labute approximate surface area is 391 Å². The zero-order valence-corrected chi connectivity index (χ0v) is 40.3. The summed E-state index contributed by atoms with van der Waals surface area (Å²) in [5.74, 6) is 6.21. The average Bonchev–Trinajstić information content (AvgIpc) is 3.54. The summed E-state index contributed by atoms with van der Waals surface area (Å²) >= 11 is 0. The van der Waals surface area contributed by atoms with Crippen molar-refractivity contribution in [3.63, 3.8) is 0 Å². The molecule has 0 spiro atoms. The Morgan fingerprint density at radius 1 is 0.985 bits per heavy atom. The van der Waals surface area contributed by atoms with E-state index >= 15 is 0 Å². The minimum atomic E-state index is -1.05. The summed E-state index contributed by atoms with van der Waals surface area (Å²) in [6.07, 6.45) is 14.8. The number of Topliss-reactive ketones (excluding diaryl/α,β-unsaturated/α-hetero) is 1. The number of ketones is 3. The minimum absolute atomic E-state index is 0.0799. The predicted octanol–water partition coefficient (Wildman–Crippen LogP) is 6.79. The van der Waals surface area contributed by atoms with Crippen LogP contribution in [0, 0.1) is 52.3 Å². The van der Waals surface area contributed by atoms with E-state index in [9.17, 15) is 34.2 Å². The van der Waals surface area contributed by atoms with Gasteiger partial charge in [0.25, 0.3) is 5.91 Å². The van der Waals surface area contributed by atoms with Gasteiger partial charge in [-0.2, -0.15) is 0 Å². The van der Waals surface area contributed by atoms with Crippen LogP contribution in [-0.4, -0.2) is 90.3 Å². The fourth-order valence-corrected chi connectivity index (χ4v) is 12.3. The van der Waals surface area contributed by atoms with Crippen molar-refractivity contribution < 1.29 is 48.4 Å². The van der Waals surface area contributed by atoms with Crippen LogP contribution in [0.3, 0.4) is 0 Å². The number of nitrogens with one attached hydrogen (secondary N) is 2. The number of hydrogen-bond donors (Lipinski definition) is 5. The fourth-order valence-electron chi connectivity index (χ4n) is 12.3. The second-order valence-corrected chi connectivity index (χ2v) is 20.4. The molecule has 12 atom stereocenters. The second kappa shape index (κ2) is 21.1. The molecule has 0 aromatic rings. The Hall–Kier alpha value is -4.61. The van der Waals surface area contributed by atoms with E-state index in [1.54, 1.807) is 32.1 Å². The van der Waals surface area contributed by atoms with Crippen LogP contribution >= 0.6 is 0 Å². The van der Waals surface area contributed by atoms with Crippen molar-refractivity contribution in [2.45, 2.75) is 155 Å². The molecule has 6 aliphatic rings. The van der Waals surface area contributed by atoms with Gasteiger partial charge in [0.2, 0.25) is 11.6 Å². The largest absolute Gasteiger partial charge is 0.439 e. The fraction of sp³-hybridized carbons (Fsp3) is 0.642. The van der Waals surface area contributed by atoms with E-state index in [0.29, 0.717) is 68.4 Å². The van der Waals surface area contributed by atoms with Crippen LogP contribution in [0.4, 0.5) is 4.79 Å². The molecule has 3 saturated carbocycles. The summed E-state index contributed by atoms with van der Waals surface area (Å²) in [5, 5.41) is 29.6. The van der Waals surface area contributed by atoms with Crippen LogP contribution in [-0.2, 0) is 33.4 Å². The van der Waals surface area contributed by atoms with Crippen molar-refractivity contribution in [2.24, 2.45) is 46.2 Å². The van der Waals surface area contributed by atoms with Crippen LogP contribution in [0.1, 0.15) is 125 Å². The van der Waals surface area contributed by atoms with Gasteiger partial charge in [-0.15, -0.1) is 5.92 Å². The lowest BCUT2D eigenvalue weighted by molar-refractivity contribution is -0.120. The molecule has 0 aromatic heterocycles. The van der Waals surface area contributed by atoms with E-state index in [-0.39, 0.29) is 51.5 Å². The molecule has 2 bridgehead atoms. The number of ether oxygens (including phenoxy) is 3. The van der Waals surface area contributed by atoms with Crippen LogP contribution in [0.2, 0.25) is 0 Å². The van der Waals surface area contributed by atoms with Gasteiger partial charge in [-0.1, -0.05) is 63.5 Å². The molecule has 360 valence electrons. The molecule has 0 radical (unpaired) electrons. The highest BCUT2D eigenvalue weighted by Gasteiger charge is 2.63. The highest BCUT2D eigenvalue weighted by atomic mass is 16.6. The number of carbonyl (C=O) groups is 5. The molecule has 0 unspecified atom stereocenters. The van der Waals surface area contributed by atoms with Crippen LogP contribution in [0.5, 0.6) is 0 Å². The first-order valence-corrected chi connectivity index (χ1v) is 24.0. The molecular formula is C53H73N3O10. The quantitative estimate of drug-likeness (QED) is 0.0743. The normalized spacial score (nSPS) is 38.7. The molecule has 5 aliphatic carbocycles. The van der Waals surface area contributed by atoms with Crippen molar-refractivity contribution in [1.29, 1.82) is 0 Å². The number of carbonyl (C=O) groups excluding carboxylic acids is 5. The lowest BCUT2D eigenvalue weighted by Crippen LogP contribution is -2.54. The Bertz CT molecular complexity index is 2170. The van der Waals surface area contributed by atoms with Gasteiger partial charge in [0.05, 0.1) is 23.6 Å². The molecule has 0 saturated heterocycles. The average molecular weight is 912 g/mol. The first-order chi connectivity index (χ1) is 31.3. The molecule has 13 nitrogen and oxygen atoms in total. The highest BCUT2D eigenvalue weighted by molar-refractivity contribution is 6.23. The van der Waals surface area contributed by atoms with Gasteiger partial charge in [0.1, 0.15) is 11.7 Å². The molecule has 6 rings (SSSR count). The van der Waals surface area contributed by atoms with Crippen LogP contribution < -0.4 is 16.4 Å². The predicted molar refractivity (Wildman–Crippen MR) is 251 cm³/mol. The number of unbranched alkanes of at least 4 members (excludes halogenated alkanes) is 2. The third-order valence-corrected chi connectivity index (χ3v) is 16.2. The number of amides is 2. The molecular weight excluding hydrogens is 839 g/mol. The molecule has 66 heavy (non-hydrogen) atoms. The van der Waals surface area contributed by atoms with Crippen molar-refractivity contribution >= 4 is 29.4 Å². The zero-order chi connectivity index (χ0) is 48.1. The van der Waals surface area contributed by atoms with Gasteiger partial charge < -0.3 is 40.8 Å². The number of aliphatic hydroxyl groups excluding tert-OH is 1. The summed E-state index contributed by atoms with van der Waals surface area (Å²) in [5.41, 5.74) is 6.62. The van der Waals surface area contributed by atoms with Gasteiger partial charge in [0, 0.05) is 62.2 Å². The monoisotopic (exact) mass is 912 g/mol. The summed E-state index contributed by atoms with van der Waals surface area (Å²) < 4.78 is 16.8. The molecule has 6 N–H and O–H groups in total. The molecule has 1 heterocycles.